The van der Waals surface area contributed by atoms with Crippen molar-refractivity contribution < 1.29 is 19.2 Å². The van der Waals surface area contributed by atoms with Crippen molar-refractivity contribution in [2.45, 2.75) is 26.8 Å². The monoisotopic (exact) mass is 325 g/mol. The molecule has 2 N–H and O–H groups in total. The van der Waals surface area contributed by atoms with Crippen molar-refractivity contribution in [3.8, 4) is 11.5 Å². The maximum absolute atomic E-state index is 12.3. The molecule has 0 saturated heterocycles. The zero-order valence-corrected chi connectivity index (χ0v) is 13.8. The van der Waals surface area contributed by atoms with Crippen LogP contribution < -0.4 is 20.1 Å². The van der Waals surface area contributed by atoms with Gasteiger partial charge in [-0.15, -0.1) is 0 Å². The molecule has 1 aromatic carbocycles. The number of benzene rings is 1. The number of nitro benzene ring substituents is 1. The number of carbonyl (C=O) groups excluding carboxylic acids is 1. The Labute approximate surface area is 135 Å². The van der Waals surface area contributed by atoms with Crippen LogP contribution in [0.2, 0.25) is 0 Å². The fourth-order valence-electron chi connectivity index (χ4n) is 2.07. The largest absolute Gasteiger partial charge is 0.493 e. The van der Waals surface area contributed by atoms with Gasteiger partial charge >= 0.3 is 0 Å². The number of nitrogens with zero attached hydrogens (tertiary/aromatic N) is 1. The smallest absolute Gasteiger partial charge is 0.286 e. The molecule has 0 bridgehead atoms. The molecule has 0 radical (unpaired) electrons. The topological polar surface area (TPSA) is 103 Å². The third kappa shape index (κ3) is 5.10. The van der Waals surface area contributed by atoms with Crippen molar-refractivity contribution in [1.29, 1.82) is 0 Å². The van der Waals surface area contributed by atoms with E-state index in [2.05, 4.69) is 10.6 Å². The molecule has 1 rings (SSSR count). The highest BCUT2D eigenvalue weighted by atomic mass is 16.6. The second-order valence-corrected chi connectivity index (χ2v) is 4.88. The predicted octanol–water partition coefficient (Wildman–Crippen LogP) is 1.73. The Morgan fingerprint density at radius 1 is 1.35 bits per heavy atom. The highest BCUT2D eigenvalue weighted by Gasteiger charge is 2.24. The molecule has 0 aliphatic carbocycles. The van der Waals surface area contributed by atoms with E-state index in [-0.39, 0.29) is 28.8 Å². The van der Waals surface area contributed by atoms with Crippen molar-refractivity contribution in [3.05, 3.63) is 27.8 Å². The van der Waals surface area contributed by atoms with E-state index in [1.807, 2.05) is 13.8 Å². The predicted molar refractivity (Wildman–Crippen MR) is 86.3 cm³/mol. The molecule has 23 heavy (non-hydrogen) atoms. The van der Waals surface area contributed by atoms with E-state index < -0.39 is 10.8 Å². The van der Waals surface area contributed by atoms with Crippen molar-refractivity contribution in [1.82, 2.24) is 10.6 Å². The van der Waals surface area contributed by atoms with Gasteiger partial charge < -0.3 is 20.1 Å². The minimum Gasteiger partial charge on any atom is -0.493 e. The summed E-state index contributed by atoms with van der Waals surface area (Å²) in [6.45, 7) is 7.10. The van der Waals surface area contributed by atoms with Crippen molar-refractivity contribution in [3.63, 3.8) is 0 Å². The summed E-state index contributed by atoms with van der Waals surface area (Å²) in [5.74, 6) is -0.00981. The highest BCUT2D eigenvalue weighted by Crippen LogP contribution is 2.34. The Morgan fingerprint density at radius 3 is 2.57 bits per heavy atom. The van der Waals surface area contributed by atoms with Gasteiger partial charge in [0.05, 0.1) is 24.7 Å². The van der Waals surface area contributed by atoms with Crippen molar-refractivity contribution in [2.24, 2.45) is 0 Å². The molecule has 1 amide bonds. The normalized spacial score (nSPS) is 11.7. The number of likely N-dealkylation sites (N-methyl/N-ethyl adjacent to an activating group) is 1. The van der Waals surface area contributed by atoms with Crippen LogP contribution in [0.15, 0.2) is 12.1 Å². The molecule has 8 nitrogen and oxygen atoms in total. The maximum Gasteiger partial charge on any atom is 0.286 e. The zero-order valence-electron chi connectivity index (χ0n) is 13.8. The average molecular weight is 325 g/mol. The number of hydrogen-bond acceptors (Lipinski definition) is 6. The van der Waals surface area contributed by atoms with Crippen LogP contribution in [0.25, 0.3) is 0 Å². The number of nitrogens with one attached hydrogen (secondary N) is 2. The number of rotatable bonds is 9. The molecule has 0 aromatic heterocycles. The lowest BCUT2D eigenvalue weighted by Gasteiger charge is -2.14. The quantitative estimate of drug-likeness (QED) is 0.529. The lowest BCUT2D eigenvalue weighted by atomic mass is 10.1. The van der Waals surface area contributed by atoms with Crippen LogP contribution in [0.3, 0.4) is 0 Å². The summed E-state index contributed by atoms with van der Waals surface area (Å²) in [7, 11) is 1.42. The van der Waals surface area contributed by atoms with Crippen LogP contribution >= 0.6 is 0 Å². The number of carbonyl (C=O) groups is 1. The Balaban J connectivity index is 3.07. The number of amides is 1. The van der Waals surface area contributed by atoms with Gasteiger partial charge in [0, 0.05) is 18.7 Å². The van der Waals surface area contributed by atoms with E-state index in [0.29, 0.717) is 13.2 Å². The van der Waals surface area contributed by atoms with E-state index in [1.54, 1.807) is 6.92 Å². The Kier molecular flexibility index (Phi) is 7.27. The first-order chi connectivity index (χ1) is 10.9. The zero-order chi connectivity index (χ0) is 17.4. The summed E-state index contributed by atoms with van der Waals surface area (Å²) < 4.78 is 10.5. The van der Waals surface area contributed by atoms with Gasteiger partial charge in [-0.05, 0) is 20.4 Å². The molecule has 0 fully saturated rings. The van der Waals surface area contributed by atoms with Gasteiger partial charge in [-0.3, -0.25) is 14.9 Å². The van der Waals surface area contributed by atoms with Crippen LogP contribution in [0.5, 0.6) is 11.5 Å². The molecule has 128 valence electrons. The number of nitro groups is 1. The molecule has 8 heteroatoms. The Bertz CT molecular complexity index is 562. The number of methoxy groups -OCH3 is 1. The van der Waals surface area contributed by atoms with Gasteiger partial charge in [-0.25, -0.2) is 0 Å². The maximum atomic E-state index is 12.3. The van der Waals surface area contributed by atoms with E-state index in [0.717, 1.165) is 6.54 Å². The third-order valence-electron chi connectivity index (χ3n) is 3.14. The van der Waals surface area contributed by atoms with Crippen LogP contribution in [-0.4, -0.2) is 43.7 Å². The fourth-order valence-corrected chi connectivity index (χ4v) is 2.07. The van der Waals surface area contributed by atoms with Gasteiger partial charge in [0.1, 0.15) is 5.56 Å². The summed E-state index contributed by atoms with van der Waals surface area (Å²) in [5.41, 5.74) is -0.373. The lowest BCUT2D eigenvalue weighted by molar-refractivity contribution is -0.385. The summed E-state index contributed by atoms with van der Waals surface area (Å²) in [5, 5.41) is 17.1. The minimum atomic E-state index is -0.607. The molecule has 0 aliphatic heterocycles. The first-order valence-corrected chi connectivity index (χ1v) is 7.45. The first-order valence-electron chi connectivity index (χ1n) is 7.45. The SMILES string of the molecule is CCN[C@H](C)CNC(=O)c1cc(OC)c(OCC)cc1[N+](=O)[O-]. The summed E-state index contributed by atoms with van der Waals surface area (Å²) in [4.78, 5) is 22.9. The standard InChI is InChI=1S/C15H23N3O5/c1-5-16-10(3)9-17-15(19)11-7-13(22-4)14(23-6-2)8-12(11)18(20)21/h7-8,10,16H,5-6,9H2,1-4H3,(H,17,19)/t10-/m1/s1. The molecule has 1 atom stereocenters. The van der Waals surface area contributed by atoms with Crippen molar-refractivity contribution >= 4 is 11.6 Å². The molecule has 0 saturated carbocycles. The van der Waals surface area contributed by atoms with Crippen molar-refractivity contribution in [2.75, 3.05) is 26.8 Å². The van der Waals surface area contributed by atoms with Crippen LogP contribution in [0.1, 0.15) is 31.1 Å². The van der Waals surface area contributed by atoms with Crippen LogP contribution in [0.4, 0.5) is 5.69 Å². The number of hydrogen-bond donors (Lipinski definition) is 2. The van der Waals surface area contributed by atoms with Gasteiger partial charge in [0.25, 0.3) is 11.6 Å². The van der Waals surface area contributed by atoms with Gasteiger partial charge in [-0.2, -0.15) is 0 Å². The van der Waals surface area contributed by atoms with Gasteiger partial charge in [-0.1, -0.05) is 6.92 Å². The molecule has 0 unspecified atom stereocenters. The highest BCUT2D eigenvalue weighted by molar-refractivity contribution is 5.99. The lowest BCUT2D eigenvalue weighted by Crippen LogP contribution is -2.39. The van der Waals surface area contributed by atoms with Gasteiger partial charge in [0.15, 0.2) is 11.5 Å². The Morgan fingerprint density at radius 2 is 2.04 bits per heavy atom. The molecular formula is C15H23N3O5. The molecule has 1 aromatic rings. The summed E-state index contributed by atoms with van der Waals surface area (Å²) >= 11 is 0. The van der Waals surface area contributed by atoms with E-state index in [1.165, 1.54) is 19.2 Å². The van der Waals surface area contributed by atoms with E-state index in [9.17, 15) is 14.9 Å². The second-order valence-electron chi connectivity index (χ2n) is 4.88. The van der Waals surface area contributed by atoms with E-state index in [4.69, 9.17) is 9.47 Å². The fraction of sp³-hybridized carbons (Fsp3) is 0.533. The summed E-state index contributed by atoms with van der Waals surface area (Å²) in [6.07, 6.45) is 0. The third-order valence-corrected chi connectivity index (χ3v) is 3.14. The van der Waals surface area contributed by atoms with E-state index >= 15 is 0 Å². The average Bonchev–Trinajstić information content (AvgIpc) is 2.52. The molecule has 0 heterocycles. The Hall–Kier alpha value is -2.35. The molecule has 0 spiro atoms. The first kappa shape index (κ1) is 18.7. The molecular weight excluding hydrogens is 302 g/mol. The van der Waals surface area contributed by atoms with Gasteiger partial charge in [0.2, 0.25) is 0 Å². The molecule has 0 aliphatic rings. The van der Waals surface area contributed by atoms with Crippen LogP contribution in [-0.2, 0) is 0 Å². The second kappa shape index (κ2) is 8.94. The van der Waals surface area contributed by atoms with Crippen LogP contribution in [0, 0.1) is 10.1 Å². The summed E-state index contributed by atoms with van der Waals surface area (Å²) in [6, 6.07) is 2.61. The minimum absolute atomic E-state index is 0.0565. The number of ether oxygens (including phenoxy) is 2.